The standard InChI is InChI=1S/C24H28N4O3S/c1-17-21(18(2)31-26-17)16-32-23-20(8-6-10-25-23)24(29)27(3)15-19-7-4-5-9-22(19)28-11-13-30-14-12-28/h4-10H,11-16H2,1-3H3. The summed E-state index contributed by atoms with van der Waals surface area (Å²) in [6, 6.07) is 11.9. The Morgan fingerprint density at radius 1 is 1.16 bits per heavy atom. The van der Waals surface area contributed by atoms with Gasteiger partial charge in [-0.1, -0.05) is 23.4 Å². The number of aromatic nitrogens is 2. The second-order valence-corrected chi connectivity index (χ2v) is 8.80. The third kappa shape index (κ3) is 4.97. The number of para-hydroxylation sites is 1. The lowest BCUT2D eigenvalue weighted by molar-refractivity contribution is 0.0780. The van der Waals surface area contributed by atoms with E-state index >= 15 is 0 Å². The summed E-state index contributed by atoms with van der Waals surface area (Å²) in [5, 5.41) is 4.73. The zero-order valence-corrected chi connectivity index (χ0v) is 19.5. The van der Waals surface area contributed by atoms with Crippen LogP contribution >= 0.6 is 11.8 Å². The molecular weight excluding hydrogens is 424 g/mol. The van der Waals surface area contributed by atoms with Crippen LogP contribution in [-0.4, -0.2) is 54.3 Å². The van der Waals surface area contributed by atoms with Crippen LogP contribution in [0.3, 0.4) is 0 Å². The summed E-state index contributed by atoms with van der Waals surface area (Å²) >= 11 is 1.53. The number of benzene rings is 1. The summed E-state index contributed by atoms with van der Waals surface area (Å²) < 4.78 is 10.7. The van der Waals surface area contributed by atoms with E-state index in [1.54, 1.807) is 11.1 Å². The molecule has 1 fully saturated rings. The van der Waals surface area contributed by atoms with Gasteiger partial charge in [-0.25, -0.2) is 4.98 Å². The lowest BCUT2D eigenvalue weighted by Crippen LogP contribution is -2.37. The molecule has 4 rings (SSSR count). The van der Waals surface area contributed by atoms with E-state index in [-0.39, 0.29) is 5.91 Å². The number of carbonyl (C=O) groups is 1. The molecule has 8 heteroatoms. The molecule has 0 bridgehead atoms. The van der Waals surface area contributed by atoms with Crippen molar-refractivity contribution in [2.45, 2.75) is 31.2 Å². The maximum atomic E-state index is 13.4. The highest BCUT2D eigenvalue weighted by atomic mass is 32.2. The van der Waals surface area contributed by atoms with E-state index in [2.05, 4.69) is 27.2 Å². The number of ether oxygens (including phenoxy) is 1. The number of anilines is 1. The highest BCUT2D eigenvalue weighted by molar-refractivity contribution is 7.98. The Balaban J connectivity index is 1.49. The molecule has 7 nitrogen and oxygen atoms in total. The lowest BCUT2D eigenvalue weighted by atomic mass is 10.1. The zero-order valence-electron chi connectivity index (χ0n) is 18.7. The van der Waals surface area contributed by atoms with Gasteiger partial charge in [0.25, 0.3) is 5.91 Å². The van der Waals surface area contributed by atoms with E-state index in [1.807, 2.05) is 45.2 Å². The lowest BCUT2D eigenvalue weighted by Gasteiger charge is -2.31. The van der Waals surface area contributed by atoms with Gasteiger partial charge in [-0.05, 0) is 37.6 Å². The van der Waals surface area contributed by atoms with Crippen LogP contribution in [0.2, 0.25) is 0 Å². The minimum absolute atomic E-state index is 0.0452. The van der Waals surface area contributed by atoms with Crippen LogP contribution in [0.15, 0.2) is 52.1 Å². The van der Waals surface area contributed by atoms with Crippen LogP contribution in [-0.2, 0) is 17.0 Å². The monoisotopic (exact) mass is 452 g/mol. The molecule has 32 heavy (non-hydrogen) atoms. The van der Waals surface area contributed by atoms with Crippen molar-refractivity contribution in [2.75, 3.05) is 38.3 Å². The second kappa shape index (κ2) is 10.2. The van der Waals surface area contributed by atoms with Gasteiger partial charge in [0.05, 0.1) is 24.5 Å². The number of nitrogens with zero attached hydrogens (tertiary/aromatic N) is 4. The molecule has 1 aliphatic rings. The van der Waals surface area contributed by atoms with Gasteiger partial charge in [-0.15, -0.1) is 11.8 Å². The van der Waals surface area contributed by atoms with E-state index in [9.17, 15) is 4.79 Å². The second-order valence-electron chi connectivity index (χ2n) is 7.84. The first-order valence-electron chi connectivity index (χ1n) is 10.7. The summed E-state index contributed by atoms with van der Waals surface area (Å²) in [5.41, 5.74) is 4.81. The first kappa shape index (κ1) is 22.4. The van der Waals surface area contributed by atoms with Gasteiger partial charge >= 0.3 is 0 Å². The third-order valence-electron chi connectivity index (χ3n) is 5.63. The highest BCUT2D eigenvalue weighted by Crippen LogP contribution is 2.29. The molecule has 1 amide bonds. The van der Waals surface area contributed by atoms with E-state index in [1.165, 1.54) is 11.8 Å². The van der Waals surface area contributed by atoms with Crippen molar-refractivity contribution in [3.8, 4) is 0 Å². The number of hydrogen-bond acceptors (Lipinski definition) is 7. The fourth-order valence-corrected chi connectivity index (χ4v) is 4.95. The van der Waals surface area contributed by atoms with Gasteiger partial charge in [0.1, 0.15) is 10.8 Å². The van der Waals surface area contributed by atoms with Crippen LogP contribution in [0.5, 0.6) is 0 Å². The van der Waals surface area contributed by atoms with Crippen molar-refractivity contribution in [3.05, 3.63) is 70.7 Å². The largest absolute Gasteiger partial charge is 0.378 e. The Bertz CT molecular complexity index is 1060. The molecule has 168 valence electrons. The SMILES string of the molecule is Cc1noc(C)c1CSc1ncccc1C(=O)N(C)Cc1ccccc1N1CCOCC1. The van der Waals surface area contributed by atoms with Gasteiger partial charge in [0.15, 0.2) is 0 Å². The predicted octanol–water partition coefficient (Wildman–Crippen LogP) is 4.09. The number of aryl methyl sites for hydroxylation is 2. The number of morpholine rings is 1. The Kier molecular flexibility index (Phi) is 7.12. The number of pyridine rings is 1. The Morgan fingerprint density at radius 3 is 2.69 bits per heavy atom. The number of amides is 1. The summed E-state index contributed by atoms with van der Waals surface area (Å²) in [5.74, 6) is 1.41. The average molecular weight is 453 g/mol. The van der Waals surface area contributed by atoms with Crippen LogP contribution in [0.1, 0.15) is 32.9 Å². The normalized spacial score (nSPS) is 13.9. The van der Waals surface area contributed by atoms with Gasteiger partial charge < -0.3 is 19.1 Å². The maximum Gasteiger partial charge on any atom is 0.256 e. The van der Waals surface area contributed by atoms with Crippen LogP contribution in [0, 0.1) is 13.8 Å². The fourth-order valence-electron chi connectivity index (χ4n) is 3.81. The van der Waals surface area contributed by atoms with E-state index in [0.29, 0.717) is 22.9 Å². The van der Waals surface area contributed by atoms with Crippen molar-refractivity contribution >= 4 is 23.4 Å². The molecular formula is C24H28N4O3S. The zero-order chi connectivity index (χ0) is 22.5. The average Bonchev–Trinajstić information content (AvgIpc) is 3.15. The highest BCUT2D eigenvalue weighted by Gasteiger charge is 2.21. The van der Waals surface area contributed by atoms with Gasteiger partial charge in [0, 0.05) is 49.9 Å². The molecule has 0 aliphatic carbocycles. The molecule has 0 spiro atoms. The molecule has 0 unspecified atom stereocenters. The molecule has 0 radical (unpaired) electrons. The van der Waals surface area contributed by atoms with Crippen molar-refractivity contribution < 1.29 is 14.1 Å². The molecule has 3 heterocycles. The van der Waals surface area contributed by atoms with Crippen LogP contribution in [0.25, 0.3) is 0 Å². The van der Waals surface area contributed by atoms with Crippen LogP contribution in [0.4, 0.5) is 5.69 Å². The summed E-state index contributed by atoms with van der Waals surface area (Å²) in [6.07, 6.45) is 1.72. The molecule has 3 aromatic rings. The summed E-state index contributed by atoms with van der Waals surface area (Å²) in [6.45, 7) is 7.53. The number of rotatable bonds is 7. The van der Waals surface area contributed by atoms with E-state index in [0.717, 1.165) is 54.6 Å². The first-order chi connectivity index (χ1) is 15.5. The first-order valence-corrected chi connectivity index (χ1v) is 11.7. The third-order valence-corrected chi connectivity index (χ3v) is 6.67. The minimum atomic E-state index is -0.0452. The van der Waals surface area contributed by atoms with E-state index in [4.69, 9.17) is 9.26 Å². The predicted molar refractivity (Wildman–Crippen MR) is 125 cm³/mol. The molecule has 0 atom stereocenters. The Labute approximate surface area is 192 Å². The molecule has 1 aromatic carbocycles. The van der Waals surface area contributed by atoms with Gasteiger partial charge in [-0.3, -0.25) is 4.79 Å². The van der Waals surface area contributed by atoms with Gasteiger partial charge in [-0.2, -0.15) is 0 Å². The quantitative estimate of drug-likeness (QED) is 0.500. The maximum absolute atomic E-state index is 13.4. The Hall–Kier alpha value is -2.84. The van der Waals surface area contributed by atoms with E-state index < -0.39 is 0 Å². The van der Waals surface area contributed by atoms with Crippen LogP contribution < -0.4 is 4.90 Å². The molecule has 1 aliphatic heterocycles. The van der Waals surface area contributed by atoms with Crippen molar-refractivity contribution in [3.63, 3.8) is 0 Å². The molecule has 0 saturated carbocycles. The van der Waals surface area contributed by atoms with Crippen molar-refractivity contribution in [1.82, 2.24) is 15.0 Å². The smallest absolute Gasteiger partial charge is 0.256 e. The number of hydrogen-bond donors (Lipinski definition) is 0. The summed E-state index contributed by atoms with van der Waals surface area (Å²) in [7, 11) is 1.84. The topological polar surface area (TPSA) is 71.7 Å². The number of carbonyl (C=O) groups excluding carboxylic acids is 1. The molecule has 0 N–H and O–H groups in total. The van der Waals surface area contributed by atoms with Gasteiger partial charge in [0.2, 0.25) is 0 Å². The van der Waals surface area contributed by atoms with Crippen molar-refractivity contribution in [2.24, 2.45) is 0 Å². The molecule has 2 aromatic heterocycles. The molecule has 1 saturated heterocycles. The fraction of sp³-hybridized carbons (Fsp3) is 0.375. The van der Waals surface area contributed by atoms with Crippen molar-refractivity contribution in [1.29, 1.82) is 0 Å². The number of thioether (sulfide) groups is 1. The minimum Gasteiger partial charge on any atom is -0.378 e. The summed E-state index contributed by atoms with van der Waals surface area (Å²) in [4.78, 5) is 21.9. The Morgan fingerprint density at radius 2 is 1.94 bits per heavy atom.